The summed E-state index contributed by atoms with van der Waals surface area (Å²) in [7, 11) is -5.04. The second-order valence-electron chi connectivity index (χ2n) is 15.6. The summed E-state index contributed by atoms with van der Waals surface area (Å²) in [5.41, 5.74) is 0. The van der Waals surface area contributed by atoms with Crippen LogP contribution in [0.5, 0.6) is 0 Å². The number of esters is 1. The monoisotopic (exact) mass is 861 g/mol. The molecule has 13 nitrogen and oxygen atoms in total. The molecule has 0 aromatic carbocycles. The Hall–Kier alpha value is -1.74. The molecule has 0 bridgehead atoms. The number of aliphatic hydroxyl groups excluding tert-OH is 6. The molecule has 0 aromatic heterocycles. The van der Waals surface area contributed by atoms with Gasteiger partial charge in [0.25, 0.3) is 0 Å². The van der Waals surface area contributed by atoms with Gasteiger partial charge in [-0.25, -0.2) is 4.57 Å². The molecule has 1 fully saturated rings. The first kappa shape index (κ1) is 55.3. The van der Waals surface area contributed by atoms with Crippen LogP contribution in [0, 0.1) is 0 Å². The Labute approximate surface area is 355 Å². The summed E-state index contributed by atoms with van der Waals surface area (Å²) in [4.78, 5) is 23.1. The van der Waals surface area contributed by atoms with Crippen molar-refractivity contribution >= 4 is 13.8 Å². The van der Waals surface area contributed by atoms with Gasteiger partial charge >= 0.3 is 13.8 Å². The van der Waals surface area contributed by atoms with E-state index in [1.807, 2.05) is 12.2 Å². The summed E-state index contributed by atoms with van der Waals surface area (Å²) in [6.45, 7) is 2.20. The highest BCUT2D eigenvalue weighted by Gasteiger charge is 2.51. The van der Waals surface area contributed by atoms with Gasteiger partial charge in [0, 0.05) is 19.6 Å². The minimum Gasteiger partial charge on any atom is -0.457 e. The fourth-order valence-corrected chi connectivity index (χ4v) is 7.59. The highest BCUT2D eigenvalue weighted by atomic mass is 31.2. The largest absolute Gasteiger partial charge is 0.472 e. The third-order valence-corrected chi connectivity index (χ3v) is 11.2. The van der Waals surface area contributed by atoms with Crippen LogP contribution in [0.15, 0.2) is 48.6 Å². The van der Waals surface area contributed by atoms with E-state index < -0.39 is 63.1 Å². The van der Waals surface area contributed by atoms with E-state index in [0.717, 1.165) is 64.2 Å². The van der Waals surface area contributed by atoms with Crippen molar-refractivity contribution in [2.75, 3.05) is 26.4 Å². The molecule has 1 aliphatic carbocycles. The zero-order chi connectivity index (χ0) is 43.4. The quantitative estimate of drug-likeness (QED) is 0.0137. The average Bonchev–Trinajstić information content (AvgIpc) is 3.22. The van der Waals surface area contributed by atoms with Crippen molar-refractivity contribution in [1.82, 2.24) is 0 Å². The summed E-state index contributed by atoms with van der Waals surface area (Å²) in [5, 5.41) is 58.9. The molecule has 6 atom stereocenters. The van der Waals surface area contributed by atoms with Crippen molar-refractivity contribution in [3.63, 3.8) is 0 Å². The summed E-state index contributed by atoms with van der Waals surface area (Å²) in [5.74, 6) is -0.539. The summed E-state index contributed by atoms with van der Waals surface area (Å²) < 4.78 is 34.1. The third kappa shape index (κ3) is 29.2. The zero-order valence-corrected chi connectivity index (χ0v) is 36.9. The van der Waals surface area contributed by atoms with Crippen molar-refractivity contribution in [3.05, 3.63) is 48.6 Å². The van der Waals surface area contributed by atoms with Crippen molar-refractivity contribution in [2.45, 2.75) is 204 Å². The number of allylic oxidation sites excluding steroid dienone is 8. The maximum atomic E-state index is 12.8. The number of rotatable bonds is 38. The number of aliphatic hydroxyl groups is 6. The number of carbonyl (C=O) groups excluding carboxylic acids is 1. The van der Waals surface area contributed by atoms with E-state index in [1.54, 1.807) is 0 Å². The summed E-state index contributed by atoms with van der Waals surface area (Å²) >= 11 is 0. The lowest BCUT2D eigenvalue weighted by molar-refractivity contribution is -0.220. The number of unbranched alkanes of at least 4 members (excludes halogenated alkanes) is 17. The Morgan fingerprint density at radius 2 is 1.02 bits per heavy atom. The van der Waals surface area contributed by atoms with Gasteiger partial charge in [0.15, 0.2) is 0 Å². The van der Waals surface area contributed by atoms with Crippen molar-refractivity contribution in [1.29, 1.82) is 0 Å². The highest BCUT2D eigenvalue weighted by Crippen LogP contribution is 2.47. The molecule has 7 N–H and O–H groups in total. The molecule has 0 spiro atoms. The molecule has 0 radical (unpaired) electrons. The topological polar surface area (TPSA) is 213 Å². The number of hydrogen-bond donors (Lipinski definition) is 7. The Morgan fingerprint density at radius 3 is 1.53 bits per heavy atom. The Bertz CT molecular complexity index is 1160. The molecule has 0 aliphatic heterocycles. The average molecular weight is 861 g/mol. The molecule has 0 amide bonds. The Balaban J connectivity index is 2.45. The predicted molar refractivity (Wildman–Crippen MR) is 232 cm³/mol. The van der Waals surface area contributed by atoms with E-state index in [2.05, 4.69) is 43.4 Å². The van der Waals surface area contributed by atoms with Crippen LogP contribution in [0.3, 0.4) is 0 Å². The van der Waals surface area contributed by atoms with Gasteiger partial charge in [-0.3, -0.25) is 13.8 Å². The van der Waals surface area contributed by atoms with Crippen LogP contribution in [0.1, 0.15) is 161 Å². The molecular weight excluding hydrogens is 779 g/mol. The fourth-order valence-electron chi connectivity index (χ4n) is 6.62. The molecule has 0 aromatic rings. The van der Waals surface area contributed by atoms with E-state index in [0.29, 0.717) is 19.4 Å². The molecular formula is C45H81O13P. The first-order chi connectivity index (χ1) is 28.5. The van der Waals surface area contributed by atoms with E-state index in [-0.39, 0.29) is 19.6 Å². The van der Waals surface area contributed by atoms with Crippen molar-refractivity contribution in [2.24, 2.45) is 0 Å². The number of hydrogen-bond acceptors (Lipinski definition) is 12. The van der Waals surface area contributed by atoms with Crippen LogP contribution < -0.4 is 0 Å². The van der Waals surface area contributed by atoms with Gasteiger partial charge < -0.3 is 45.0 Å². The lowest BCUT2D eigenvalue weighted by Gasteiger charge is -2.41. The normalized spacial score (nSPS) is 22.9. The van der Waals surface area contributed by atoms with Gasteiger partial charge in [-0.2, -0.15) is 0 Å². The second-order valence-corrected chi connectivity index (χ2v) is 17.0. The molecule has 1 saturated carbocycles. The van der Waals surface area contributed by atoms with Crippen LogP contribution in [0.2, 0.25) is 0 Å². The van der Waals surface area contributed by atoms with E-state index >= 15 is 0 Å². The maximum absolute atomic E-state index is 12.8. The van der Waals surface area contributed by atoms with E-state index in [9.17, 15) is 39.8 Å². The summed E-state index contributed by atoms with van der Waals surface area (Å²) in [6, 6.07) is 0. The Kier molecular flexibility index (Phi) is 34.5. The minimum atomic E-state index is -5.04. The van der Waals surface area contributed by atoms with E-state index in [1.165, 1.54) is 70.6 Å². The Morgan fingerprint density at radius 1 is 0.576 bits per heavy atom. The van der Waals surface area contributed by atoms with Crippen LogP contribution >= 0.6 is 7.82 Å². The van der Waals surface area contributed by atoms with Crippen molar-refractivity contribution in [3.8, 4) is 0 Å². The highest BCUT2D eigenvalue weighted by molar-refractivity contribution is 7.47. The lowest BCUT2D eigenvalue weighted by Crippen LogP contribution is -2.64. The molecule has 6 unspecified atom stereocenters. The van der Waals surface area contributed by atoms with Gasteiger partial charge in [-0.15, -0.1) is 0 Å². The fraction of sp³-hybridized carbons (Fsp3) is 0.800. The third-order valence-electron chi connectivity index (χ3n) is 10.3. The van der Waals surface area contributed by atoms with Gasteiger partial charge in [0.2, 0.25) is 0 Å². The molecule has 344 valence electrons. The molecule has 1 aliphatic rings. The van der Waals surface area contributed by atoms with Crippen molar-refractivity contribution < 1.29 is 63.4 Å². The molecule has 1 rings (SSSR count). The van der Waals surface area contributed by atoms with Crippen LogP contribution in [-0.2, 0) is 27.9 Å². The standard InChI is InChI=1S/C45H81O13P/c1-2-3-4-5-6-7-8-9-17-20-23-26-29-32-35-55-36-38(37-56-59(53,54)58-45-43(51)41(49)40(48)42(50)44(45)52)57-39(47)33-30-27-24-21-18-15-13-11-10-12-14-16-19-22-25-28-31-34-46/h10,12-13,15-16,19,21,24,38,40-46,48-52H,2-9,11,14,17-18,20,22-23,25-37H2,1H3,(H,53,54). The summed E-state index contributed by atoms with van der Waals surface area (Å²) in [6.07, 6.45) is 29.1. The number of carbonyl (C=O) groups is 1. The van der Waals surface area contributed by atoms with Crippen LogP contribution in [0.4, 0.5) is 0 Å². The molecule has 59 heavy (non-hydrogen) atoms. The molecule has 0 saturated heterocycles. The number of ether oxygens (including phenoxy) is 2. The maximum Gasteiger partial charge on any atom is 0.472 e. The molecule has 14 heteroatoms. The minimum absolute atomic E-state index is 0.101. The lowest BCUT2D eigenvalue weighted by atomic mass is 9.85. The predicted octanol–water partition coefficient (Wildman–Crippen LogP) is 7.83. The van der Waals surface area contributed by atoms with Gasteiger partial charge in [0.05, 0.1) is 13.2 Å². The van der Waals surface area contributed by atoms with E-state index in [4.69, 9.17) is 23.6 Å². The van der Waals surface area contributed by atoms with Crippen LogP contribution in [0.25, 0.3) is 0 Å². The smallest absolute Gasteiger partial charge is 0.457 e. The number of phosphoric acid groups is 1. The first-order valence-electron chi connectivity index (χ1n) is 22.6. The number of phosphoric ester groups is 1. The van der Waals surface area contributed by atoms with Crippen LogP contribution in [-0.4, -0.2) is 111 Å². The molecule has 0 heterocycles. The SMILES string of the molecule is CCCCCCCCCCCCCCCCOCC(COP(=O)(O)OC1C(O)C(O)C(O)C(O)C1O)OC(=O)CCCC=CCC=CCC=CCC=CCCCCCO. The van der Waals surface area contributed by atoms with Gasteiger partial charge in [0.1, 0.15) is 42.7 Å². The van der Waals surface area contributed by atoms with Gasteiger partial charge in [-0.05, 0) is 57.8 Å². The van der Waals surface area contributed by atoms with Gasteiger partial charge in [-0.1, -0.05) is 145 Å². The second kappa shape index (κ2) is 36.9. The zero-order valence-electron chi connectivity index (χ0n) is 36.0. The first-order valence-corrected chi connectivity index (χ1v) is 24.1.